The first-order valence-electron chi connectivity index (χ1n) is 5.39. The number of hydrogen-bond acceptors (Lipinski definition) is 3. The summed E-state index contributed by atoms with van der Waals surface area (Å²) in [5.74, 6) is -1.52. The Hall–Kier alpha value is -1.01. The molecule has 1 aromatic rings. The molecule has 0 bridgehead atoms. The van der Waals surface area contributed by atoms with Gasteiger partial charge in [-0.1, -0.05) is 0 Å². The van der Waals surface area contributed by atoms with Crippen molar-refractivity contribution in [2.45, 2.75) is 38.9 Å². The van der Waals surface area contributed by atoms with Gasteiger partial charge in [0.25, 0.3) is 0 Å². The van der Waals surface area contributed by atoms with Crippen LogP contribution < -0.4 is 5.46 Å². The molecule has 1 saturated heterocycles. The largest absolute Gasteiger partial charge is 0.501 e. The van der Waals surface area contributed by atoms with Gasteiger partial charge in [-0.05, 0) is 27.7 Å². The van der Waals surface area contributed by atoms with Crippen LogP contribution in [0.3, 0.4) is 0 Å². The number of aromatic nitrogens is 1. The van der Waals surface area contributed by atoms with Crippen molar-refractivity contribution in [2.24, 2.45) is 0 Å². The highest BCUT2D eigenvalue weighted by Gasteiger charge is 2.53. The van der Waals surface area contributed by atoms with E-state index in [2.05, 4.69) is 4.98 Å². The van der Waals surface area contributed by atoms with Crippen LogP contribution in [-0.4, -0.2) is 23.3 Å². The van der Waals surface area contributed by atoms with Crippen molar-refractivity contribution in [3.63, 3.8) is 0 Å². The minimum Gasteiger partial charge on any atom is -0.399 e. The van der Waals surface area contributed by atoms with Crippen molar-refractivity contribution < 1.29 is 18.1 Å². The summed E-state index contributed by atoms with van der Waals surface area (Å²) in [6, 6.07) is 0. The maximum absolute atomic E-state index is 13.5. The van der Waals surface area contributed by atoms with Crippen molar-refractivity contribution >= 4 is 12.6 Å². The van der Waals surface area contributed by atoms with Gasteiger partial charge in [-0.2, -0.15) is 0 Å². The summed E-state index contributed by atoms with van der Waals surface area (Å²) >= 11 is 0. The van der Waals surface area contributed by atoms with E-state index in [-0.39, 0.29) is 5.46 Å². The quantitative estimate of drug-likeness (QED) is 0.700. The number of pyridine rings is 1. The Kier molecular flexibility index (Phi) is 2.74. The summed E-state index contributed by atoms with van der Waals surface area (Å²) in [4.78, 5) is 3.43. The standard InChI is InChI=1S/C11H14BF2NO2/c1-10(2)11(3,4)17-12(16-10)9-7(13)5-15-6-8(9)14/h5-6H,1-4H3. The number of rotatable bonds is 1. The molecule has 3 nitrogen and oxygen atoms in total. The van der Waals surface area contributed by atoms with Crippen LogP contribution in [0.25, 0.3) is 0 Å². The van der Waals surface area contributed by atoms with E-state index in [4.69, 9.17) is 9.31 Å². The van der Waals surface area contributed by atoms with Crippen molar-refractivity contribution in [3.8, 4) is 0 Å². The molecule has 2 rings (SSSR count). The van der Waals surface area contributed by atoms with E-state index in [1.165, 1.54) is 0 Å². The van der Waals surface area contributed by atoms with Crippen LogP contribution in [0, 0.1) is 11.6 Å². The summed E-state index contributed by atoms with van der Waals surface area (Å²) in [7, 11) is -1.04. The summed E-state index contributed by atoms with van der Waals surface area (Å²) in [6.45, 7) is 7.29. The fourth-order valence-corrected chi connectivity index (χ4v) is 1.61. The highest BCUT2D eigenvalue weighted by molar-refractivity contribution is 6.62. The van der Waals surface area contributed by atoms with Crippen LogP contribution in [0.5, 0.6) is 0 Å². The lowest BCUT2D eigenvalue weighted by Gasteiger charge is -2.32. The van der Waals surface area contributed by atoms with Crippen LogP contribution in [0.15, 0.2) is 12.4 Å². The van der Waals surface area contributed by atoms with Gasteiger partial charge in [0.05, 0.1) is 29.1 Å². The Morgan fingerprint density at radius 2 is 1.41 bits per heavy atom. The molecular weight excluding hydrogens is 227 g/mol. The minimum absolute atomic E-state index is 0.223. The van der Waals surface area contributed by atoms with E-state index in [1.807, 2.05) is 27.7 Å². The fourth-order valence-electron chi connectivity index (χ4n) is 1.61. The van der Waals surface area contributed by atoms with Crippen molar-refractivity contribution in [3.05, 3.63) is 24.0 Å². The highest BCUT2D eigenvalue weighted by Crippen LogP contribution is 2.36. The average Bonchev–Trinajstić information content (AvgIpc) is 2.35. The first-order valence-corrected chi connectivity index (χ1v) is 5.39. The van der Waals surface area contributed by atoms with Crippen LogP contribution >= 0.6 is 0 Å². The molecule has 0 unspecified atom stereocenters. The Labute approximate surface area is 99.3 Å². The molecule has 0 aliphatic carbocycles. The smallest absolute Gasteiger partial charge is 0.399 e. The summed E-state index contributed by atoms with van der Waals surface area (Å²) in [5.41, 5.74) is -1.47. The van der Waals surface area contributed by atoms with Crippen LogP contribution in [-0.2, 0) is 9.31 Å². The van der Waals surface area contributed by atoms with E-state index in [1.54, 1.807) is 0 Å². The molecule has 1 aliphatic heterocycles. The van der Waals surface area contributed by atoms with E-state index >= 15 is 0 Å². The van der Waals surface area contributed by atoms with Crippen molar-refractivity contribution in [1.82, 2.24) is 4.98 Å². The van der Waals surface area contributed by atoms with E-state index < -0.39 is 30.0 Å². The lowest BCUT2D eigenvalue weighted by Crippen LogP contribution is -2.41. The van der Waals surface area contributed by atoms with Gasteiger partial charge in [-0.25, -0.2) is 8.78 Å². The van der Waals surface area contributed by atoms with Gasteiger partial charge in [0, 0.05) is 0 Å². The zero-order valence-corrected chi connectivity index (χ0v) is 10.3. The molecule has 0 amide bonds. The third-order valence-electron chi connectivity index (χ3n) is 3.38. The number of halogens is 2. The zero-order chi connectivity index (χ0) is 12.8. The highest BCUT2D eigenvalue weighted by atomic mass is 19.1. The topological polar surface area (TPSA) is 31.4 Å². The third-order valence-corrected chi connectivity index (χ3v) is 3.38. The third kappa shape index (κ3) is 1.95. The van der Waals surface area contributed by atoms with Gasteiger partial charge in [0.2, 0.25) is 0 Å². The van der Waals surface area contributed by atoms with Crippen LogP contribution in [0.2, 0.25) is 0 Å². The molecular formula is C11H14BF2NO2. The normalized spacial score (nSPS) is 21.9. The Morgan fingerprint density at radius 1 is 1.00 bits per heavy atom. The van der Waals surface area contributed by atoms with E-state index in [0.29, 0.717) is 0 Å². The van der Waals surface area contributed by atoms with Gasteiger partial charge in [0.15, 0.2) is 0 Å². The van der Waals surface area contributed by atoms with Gasteiger partial charge >= 0.3 is 7.12 Å². The Bertz CT molecular complexity index is 415. The zero-order valence-electron chi connectivity index (χ0n) is 10.3. The maximum atomic E-state index is 13.5. The summed E-state index contributed by atoms with van der Waals surface area (Å²) in [6.07, 6.45) is 1.90. The number of nitrogens with zero attached hydrogens (tertiary/aromatic N) is 1. The molecule has 0 N–H and O–H groups in total. The molecule has 2 heterocycles. The molecule has 0 radical (unpaired) electrons. The molecule has 6 heteroatoms. The van der Waals surface area contributed by atoms with Gasteiger partial charge in [0.1, 0.15) is 11.6 Å². The number of hydrogen-bond donors (Lipinski definition) is 0. The second-order valence-corrected chi connectivity index (χ2v) is 5.11. The van der Waals surface area contributed by atoms with Crippen molar-refractivity contribution in [2.75, 3.05) is 0 Å². The fraction of sp³-hybridized carbons (Fsp3) is 0.545. The predicted octanol–water partition coefficient (Wildman–Crippen LogP) is 1.66. The monoisotopic (exact) mass is 241 g/mol. The molecule has 17 heavy (non-hydrogen) atoms. The molecule has 0 spiro atoms. The molecule has 0 saturated carbocycles. The van der Waals surface area contributed by atoms with Gasteiger partial charge < -0.3 is 9.31 Å². The predicted molar refractivity (Wildman–Crippen MR) is 59.9 cm³/mol. The van der Waals surface area contributed by atoms with Crippen LogP contribution in [0.4, 0.5) is 8.78 Å². The van der Waals surface area contributed by atoms with Gasteiger partial charge in [-0.3, -0.25) is 4.98 Å². The molecule has 1 aliphatic rings. The Morgan fingerprint density at radius 3 is 1.82 bits per heavy atom. The average molecular weight is 241 g/mol. The lowest BCUT2D eigenvalue weighted by molar-refractivity contribution is 0.00578. The first kappa shape index (κ1) is 12.5. The summed E-state index contributed by atoms with van der Waals surface area (Å²) < 4.78 is 38.3. The SMILES string of the molecule is CC1(C)OB(c2c(F)cncc2F)OC1(C)C. The molecule has 0 aromatic carbocycles. The Balaban J connectivity index is 2.39. The van der Waals surface area contributed by atoms with Gasteiger partial charge in [-0.15, -0.1) is 0 Å². The molecule has 1 aromatic heterocycles. The van der Waals surface area contributed by atoms with Crippen molar-refractivity contribution in [1.29, 1.82) is 0 Å². The second kappa shape index (κ2) is 3.75. The molecule has 0 atom stereocenters. The summed E-state index contributed by atoms with van der Waals surface area (Å²) in [5, 5.41) is 0. The maximum Gasteiger partial charge on any atom is 0.501 e. The minimum atomic E-state index is -1.04. The lowest BCUT2D eigenvalue weighted by atomic mass is 9.79. The van der Waals surface area contributed by atoms with E-state index in [9.17, 15) is 8.78 Å². The van der Waals surface area contributed by atoms with Crippen LogP contribution in [0.1, 0.15) is 27.7 Å². The molecule has 1 fully saturated rings. The molecule has 92 valence electrons. The second-order valence-electron chi connectivity index (χ2n) is 5.11. The first-order chi connectivity index (χ1) is 7.74. The van der Waals surface area contributed by atoms with E-state index in [0.717, 1.165) is 12.4 Å².